The lowest BCUT2D eigenvalue weighted by molar-refractivity contribution is 0.0492. The van der Waals surface area contributed by atoms with Gasteiger partial charge in [0.2, 0.25) is 0 Å². The predicted molar refractivity (Wildman–Crippen MR) is 103 cm³/mol. The molecule has 2 saturated heterocycles. The van der Waals surface area contributed by atoms with Gasteiger partial charge in [0.1, 0.15) is 0 Å². The second-order valence-corrected chi connectivity index (χ2v) is 7.80. The summed E-state index contributed by atoms with van der Waals surface area (Å²) in [5.41, 5.74) is 1.30. The SMILES string of the molecule is C[C@H](NC1NC(=O)N(C2CCOCC2)C(=O)N1)c1cccc(C(C)(C)C#N)c1. The van der Waals surface area contributed by atoms with Crippen molar-refractivity contribution in [3.8, 4) is 6.07 Å². The summed E-state index contributed by atoms with van der Waals surface area (Å²) in [6, 6.07) is 8.98. The van der Waals surface area contributed by atoms with Gasteiger partial charge in [0.15, 0.2) is 6.29 Å². The van der Waals surface area contributed by atoms with E-state index in [0.717, 1.165) is 11.1 Å². The third-order valence-corrected chi connectivity index (χ3v) is 5.33. The highest BCUT2D eigenvalue weighted by Gasteiger charge is 2.37. The first-order valence-corrected chi connectivity index (χ1v) is 9.57. The minimum Gasteiger partial charge on any atom is -0.381 e. The van der Waals surface area contributed by atoms with Crippen molar-refractivity contribution in [3.05, 3.63) is 35.4 Å². The van der Waals surface area contributed by atoms with Gasteiger partial charge in [-0.25, -0.2) is 14.5 Å². The van der Waals surface area contributed by atoms with E-state index in [1.807, 2.05) is 45.0 Å². The van der Waals surface area contributed by atoms with Crippen LogP contribution in [0.2, 0.25) is 0 Å². The van der Waals surface area contributed by atoms with Gasteiger partial charge in [-0.15, -0.1) is 0 Å². The van der Waals surface area contributed by atoms with Gasteiger partial charge < -0.3 is 15.4 Å². The van der Waals surface area contributed by atoms with Crippen molar-refractivity contribution < 1.29 is 14.3 Å². The number of nitrogens with one attached hydrogen (secondary N) is 3. The van der Waals surface area contributed by atoms with Crippen LogP contribution in [0.25, 0.3) is 0 Å². The number of benzene rings is 1. The van der Waals surface area contributed by atoms with Gasteiger partial charge in [-0.2, -0.15) is 5.26 Å². The Hall–Kier alpha value is -2.63. The molecule has 8 heteroatoms. The topological polar surface area (TPSA) is 106 Å². The van der Waals surface area contributed by atoms with E-state index in [4.69, 9.17) is 4.74 Å². The average molecular weight is 385 g/mol. The second-order valence-electron chi connectivity index (χ2n) is 7.80. The molecule has 0 aliphatic carbocycles. The van der Waals surface area contributed by atoms with Crippen LogP contribution in [0.15, 0.2) is 24.3 Å². The molecule has 2 heterocycles. The molecule has 28 heavy (non-hydrogen) atoms. The van der Waals surface area contributed by atoms with Gasteiger partial charge in [0, 0.05) is 25.3 Å². The molecule has 150 valence electrons. The molecule has 3 N–H and O–H groups in total. The molecule has 0 bridgehead atoms. The zero-order chi connectivity index (χ0) is 20.3. The summed E-state index contributed by atoms with van der Waals surface area (Å²) in [6.07, 6.45) is 0.631. The quantitative estimate of drug-likeness (QED) is 0.721. The van der Waals surface area contributed by atoms with Crippen molar-refractivity contribution in [1.82, 2.24) is 20.9 Å². The van der Waals surface area contributed by atoms with Crippen LogP contribution in [0.3, 0.4) is 0 Å². The first-order valence-electron chi connectivity index (χ1n) is 9.57. The molecular formula is C20H27N5O3. The molecule has 2 aliphatic heterocycles. The largest absolute Gasteiger partial charge is 0.381 e. The van der Waals surface area contributed by atoms with Crippen molar-refractivity contribution >= 4 is 12.1 Å². The maximum Gasteiger partial charge on any atom is 0.328 e. The van der Waals surface area contributed by atoms with Crippen LogP contribution in [0, 0.1) is 11.3 Å². The lowest BCUT2D eigenvalue weighted by Crippen LogP contribution is -2.70. The smallest absolute Gasteiger partial charge is 0.328 e. The Bertz CT molecular complexity index is 764. The summed E-state index contributed by atoms with van der Waals surface area (Å²) >= 11 is 0. The van der Waals surface area contributed by atoms with Crippen LogP contribution in [0.1, 0.15) is 50.8 Å². The average Bonchev–Trinajstić information content (AvgIpc) is 2.68. The number of urea groups is 2. The van der Waals surface area contributed by atoms with Crippen molar-refractivity contribution in [2.45, 2.75) is 57.4 Å². The fraction of sp³-hybridized carbons (Fsp3) is 0.550. The molecule has 0 saturated carbocycles. The van der Waals surface area contributed by atoms with Crippen LogP contribution >= 0.6 is 0 Å². The van der Waals surface area contributed by atoms with E-state index < -0.39 is 23.8 Å². The fourth-order valence-electron chi connectivity index (χ4n) is 3.48. The van der Waals surface area contributed by atoms with E-state index in [1.165, 1.54) is 4.90 Å². The molecule has 0 unspecified atom stereocenters. The Morgan fingerprint density at radius 3 is 2.50 bits per heavy atom. The summed E-state index contributed by atoms with van der Waals surface area (Å²) < 4.78 is 5.30. The number of hydrogen-bond acceptors (Lipinski definition) is 5. The number of imide groups is 1. The highest BCUT2D eigenvalue weighted by atomic mass is 16.5. The molecule has 0 radical (unpaired) electrons. The van der Waals surface area contributed by atoms with E-state index in [9.17, 15) is 14.9 Å². The number of nitrogens with zero attached hydrogens (tertiary/aromatic N) is 2. The molecule has 1 atom stereocenters. The second kappa shape index (κ2) is 8.17. The molecule has 1 aromatic rings. The Morgan fingerprint density at radius 1 is 1.25 bits per heavy atom. The predicted octanol–water partition coefficient (Wildman–Crippen LogP) is 2.34. The highest BCUT2D eigenvalue weighted by Crippen LogP contribution is 2.25. The molecule has 2 aliphatic rings. The van der Waals surface area contributed by atoms with E-state index >= 15 is 0 Å². The molecule has 1 aromatic carbocycles. The monoisotopic (exact) mass is 385 g/mol. The number of carbonyl (C=O) groups excluding carboxylic acids is 2. The zero-order valence-corrected chi connectivity index (χ0v) is 16.5. The summed E-state index contributed by atoms with van der Waals surface area (Å²) in [7, 11) is 0. The molecule has 3 rings (SSSR count). The first-order chi connectivity index (χ1) is 13.3. The minimum atomic E-state index is -0.668. The van der Waals surface area contributed by atoms with Gasteiger partial charge in [-0.05, 0) is 44.7 Å². The van der Waals surface area contributed by atoms with Gasteiger partial charge in [-0.3, -0.25) is 5.32 Å². The standard InChI is InChI=1S/C20H27N5O3/c1-13(14-5-4-6-15(11-14)20(2,3)12-21)22-17-23-18(26)25(19(27)24-17)16-7-9-28-10-8-16/h4-6,11,13,16-17,22H,7-10H2,1-3H3,(H,23,26)(H,24,27)/t13-/m0/s1. The number of hydrogen-bond donors (Lipinski definition) is 3. The lowest BCUT2D eigenvalue weighted by atomic mass is 9.85. The zero-order valence-electron chi connectivity index (χ0n) is 16.5. The van der Waals surface area contributed by atoms with E-state index in [2.05, 4.69) is 22.0 Å². The Labute approximate surface area is 165 Å². The fourth-order valence-corrected chi connectivity index (χ4v) is 3.48. The van der Waals surface area contributed by atoms with Gasteiger partial charge in [-0.1, -0.05) is 24.3 Å². The first kappa shape index (κ1) is 20.1. The molecule has 8 nitrogen and oxygen atoms in total. The van der Waals surface area contributed by atoms with Crippen LogP contribution in [-0.2, 0) is 10.2 Å². The van der Waals surface area contributed by atoms with Crippen molar-refractivity contribution in [2.75, 3.05) is 13.2 Å². The number of amides is 4. The maximum absolute atomic E-state index is 12.5. The van der Waals surface area contributed by atoms with E-state index in [-0.39, 0.29) is 12.1 Å². The van der Waals surface area contributed by atoms with E-state index in [0.29, 0.717) is 26.1 Å². The molecule has 0 aromatic heterocycles. The van der Waals surface area contributed by atoms with Crippen LogP contribution < -0.4 is 16.0 Å². The Morgan fingerprint density at radius 2 is 1.89 bits per heavy atom. The number of carbonyl (C=O) groups is 2. The van der Waals surface area contributed by atoms with Gasteiger partial charge in [0.05, 0.1) is 11.5 Å². The third kappa shape index (κ3) is 4.26. The van der Waals surface area contributed by atoms with Crippen LogP contribution in [0.5, 0.6) is 0 Å². The summed E-state index contributed by atoms with van der Waals surface area (Å²) in [5, 5.41) is 18.2. The van der Waals surface area contributed by atoms with Gasteiger partial charge in [0.25, 0.3) is 0 Å². The Kier molecular flexibility index (Phi) is 5.87. The number of nitriles is 1. The Balaban J connectivity index is 1.65. The van der Waals surface area contributed by atoms with Crippen molar-refractivity contribution in [2.24, 2.45) is 0 Å². The summed E-state index contributed by atoms with van der Waals surface area (Å²) in [4.78, 5) is 26.2. The van der Waals surface area contributed by atoms with Crippen LogP contribution in [0.4, 0.5) is 9.59 Å². The van der Waals surface area contributed by atoms with Crippen molar-refractivity contribution in [3.63, 3.8) is 0 Å². The highest BCUT2D eigenvalue weighted by molar-refractivity contribution is 5.96. The normalized spacial score (nSPS) is 20.3. The minimum absolute atomic E-state index is 0.142. The summed E-state index contributed by atoms with van der Waals surface area (Å²) in [6.45, 7) is 6.79. The van der Waals surface area contributed by atoms with Crippen molar-refractivity contribution in [1.29, 1.82) is 5.26 Å². The summed E-state index contributed by atoms with van der Waals surface area (Å²) in [5.74, 6) is 0. The lowest BCUT2D eigenvalue weighted by Gasteiger charge is -2.39. The molecule has 4 amide bonds. The van der Waals surface area contributed by atoms with Crippen LogP contribution in [-0.4, -0.2) is 42.5 Å². The third-order valence-electron chi connectivity index (χ3n) is 5.33. The van der Waals surface area contributed by atoms with E-state index in [1.54, 1.807) is 0 Å². The number of rotatable bonds is 5. The molecular weight excluding hydrogens is 358 g/mol. The van der Waals surface area contributed by atoms with Gasteiger partial charge >= 0.3 is 12.1 Å². The number of ether oxygens (including phenoxy) is 1. The molecule has 2 fully saturated rings. The maximum atomic E-state index is 12.5. The molecule has 0 spiro atoms.